The Hall–Kier alpha value is -1.87. The van der Waals surface area contributed by atoms with Crippen LogP contribution in [-0.4, -0.2) is 34.0 Å². The van der Waals surface area contributed by atoms with Gasteiger partial charge in [-0.1, -0.05) is 23.2 Å². The van der Waals surface area contributed by atoms with E-state index in [4.69, 9.17) is 28.5 Å². The maximum Gasteiger partial charge on any atom is 0.182 e. The highest BCUT2D eigenvalue weighted by Gasteiger charge is 2.20. The molecule has 0 amide bonds. The highest BCUT2D eigenvalue weighted by atomic mass is 35.5. The van der Waals surface area contributed by atoms with Gasteiger partial charge in [-0.3, -0.25) is 4.90 Å². The molecule has 0 unspecified atom stereocenters. The minimum Gasteiger partial charge on any atom is -0.365 e. The molecule has 7 heteroatoms. The number of hydrogen-bond donors (Lipinski definition) is 1. The molecule has 2 aromatic rings. The Morgan fingerprint density at radius 2 is 1.79 bits per heavy atom. The fraction of sp³-hybridized carbons (Fsp3) is 0.353. The summed E-state index contributed by atoms with van der Waals surface area (Å²) in [6, 6.07) is 8.02. The molecule has 1 N–H and O–H groups in total. The van der Waals surface area contributed by atoms with Gasteiger partial charge in [-0.2, -0.15) is 5.26 Å². The number of nitriles is 1. The number of nitrogens with zero attached hydrogens (tertiary/aromatic N) is 4. The number of halogens is 2. The van der Waals surface area contributed by atoms with Crippen LogP contribution in [0.2, 0.25) is 10.0 Å². The molecule has 3 rings (SSSR count). The first kappa shape index (κ1) is 17.0. The lowest BCUT2D eigenvalue weighted by molar-refractivity contribution is 0.211. The number of rotatable bonds is 4. The highest BCUT2D eigenvalue weighted by Crippen LogP contribution is 2.22. The maximum absolute atomic E-state index is 9.08. The van der Waals surface area contributed by atoms with Gasteiger partial charge in [0.2, 0.25) is 0 Å². The molecule has 1 aliphatic heterocycles. The van der Waals surface area contributed by atoms with Crippen molar-refractivity contribution in [2.24, 2.45) is 0 Å². The van der Waals surface area contributed by atoms with Gasteiger partial charge in [0.05, 0.1) is 0 Å². The Morgan fingerprint density at radius 1 is 1.12 bits per heavy atom. The topological polar surface area (TPSA) is 64.8 Å². The van der Waals surface area contributed by atoms with E-state index in [1.54, 1.807) is 12.3 Å². The highest BCUT2D eigenvalue weighted by molar-refractivity contribution is 6.34. The van der Waals surface area contributed by atoms with Gasteiger partial charge in [-0.15, -0.1) is 0 Å². The summed E-state index contributed by atoms with van der Waals surface area (Å²) in [5, 5.41) is 13.7. The molecule has 0 bridgehead atoms. The summed E-state index contributed by atoms with van der Waals surface area (Å²) in [6.07, 6.45) is 5.09. The summed E-state index contributed by atoms with van der Waals surface area (Å²) in [5.41, 5.74) is 1.47. The van der Waals surface area contributed by atoms with E-state index < -0.39 is 0 Å². The molecule has 1 aromatic carbocycles. The zero-order valence-electron chi connectivity index (χ0n) is 13.0. The quantitative estimate of drug-likeness (QED) is 0.898. The molecule has 2 heterocycles. The molecule has 1 aliphatic rings. The third-order valence-electron chi connectivity index (χ3n) is 4.06. The molecule has 0 atom stereocenters. The molecule has 5 nitrogen and oxygen atoms in total. The van der Waals surface area contributed by atoms with Crippen LogP contribution in [-0.2, 0) is 6.54 Å². The van der Waals surface area contributed by atoms with Crippen LogP contribution in [0.3, 0.4) is 0 Å². The second-order valence-electron chi connectivity index (χ2n) is 5.84. The summed E-state index contributed by atoms with van der Waals surface area (Å²) < 4.78 is 0. The van der Waals surface area contributed by atoms with E-state index in [1.807, 2.05) is 12.1 Å². The number of piperidine rings is 1. The van der Waals surface area contributed by atoms with Gasteiger partial charge in [-0.05, 0) is 36.6 Å². The standard InChI is InChI=1S/C17H17Cl2N5/c18-13-7-12(8-14(19)9-13)11-24-5-1-15(2-6-24)23-17-16(10-20)21-3-4-22-17/h3-4,7-9,15H,1-2,5-6,11H2,(H,22,23). The fourth-order valence-corrected chi connectivity index (χ4v) is 3.49. The largest absolute Gasteiger partial charge is 0.365 e. The van der Waals surface area contributed by atoms with E-state index in [2.05, 4.69) is 26.3 Å². The first-order valence-electron chi connectivity index (χ1n) is 7.79. The van der Waals surface area contributed by atoms with Crippen molar-refractivity contribution in [3.8, 4) is 6.07 Å². The van der Waals surface area contributed by atoms with Crippen LogP contribution < -0.4 is 5.32 Å². The summed E-state index contributed by atoms with van der Waals surface area (Å²) in [6.45, 7) is 2.76. The third kappa shape index (κ3) is 4.35. The van der Waals surface area contributed by atoms with Crippen molar-refractivity contribution in [2.45, 2.75) is 25.4 Å². The van der Waals surface area contributed by atoms with Gasteiger partial charge in [0.1, 0.15) is 6.07 Å². The number of benzene rings is 1. The predicted octanol–water partition coefficient (Wildman–Crippen LogP) is 3.73. The van der Waals surface area contributed by atoms with Crippen molar-refractivity contribution in [2.75, 3.05) is 18.4 Å². The molecule has 1 aromatic heterocycles. The molecule has 124 valence electrons. The predicted molar refractivity (Wildman–Crippen MR) is 95.1 cm³/mol. The number of likely N-dealkylation sites (tertiary alicyclic amines) is 1. The summed E-state index contributed by atoms with van der Waals surface area (Å²) in [4.78, 5) is 10.6. The average Bonchev–Trinajstić information content (AvgIpc) is 2.56. The van der Waals surface area contributed by atoms with Gasteiger partial charge in [-0.25, -0.2) is 9.97 Å². The Kier molecular flexibility index (Phi) is 5.52. The Labute approximate surface area is 151 Å². The minimum absolute atomic E-state index is 0.299. The summed E-state index contributed by atoms with van der Waals surface area (Å²) in [7, 11) is 0. The van der Waals surface area contributed by atoms with E-state index in [1.165, 1.54) is 6.20 Å². The van der Waals surface area contributed by atoms with Crippen molar-refractivity contribution in [1.29, 1.82) is 5.26 Å². The number of aromatic nitrogens is 2. The molecule has 0 spiro atoms. The average molecular weight is 362 g/mol. The van der Waals surface area contributed by atoms with E-state index in [9.17, 15) is 0 Å². The monoisotopic (exact) mass is 361 g/mol. The van der Waals surface area contributed by atoms with E-state index in [0.717, 1.165) is 38.0 Å². The molecule has 0 aliphatic carbocycles. The van der Waals surface area contributed by atoms with Crippen molar-refractivity contribution in [1.82, 2.24) is 14.9 Å². The molecule has 0 saturated carbocycles. The van der Waals surface area contributed by atoms with Crippen LogP contribution in [0.1, 0.15) is 24.1 Å². The zero-order valence-corrected chi connectivity index (χ0v) is 14.6. The van der Waals surface area contributed by atoms with Crippen molar-refractivity contribution in [3.63, 3.8) is 0 Å². The first-order valence-corrected chi connectivity index (χ1v) is 8.54. The Morgan fingerprint density at radius 3 is 2.46 bits per heavy atom. The van der Waals surface area contributed by atoms with Gasteiger partial charge in [0, 0.05) is 48.1 Å². The minimum atomic E-state index is 0.299. The van der Waals surface area contributed by atoms with Gasteiger partial charge in [0.15, 0.2) is 11.5 Å². The SMILES string of the molecule is N#Cc1nccnc1NC1CCN(Cc2cc(Cl)cc(Cl)c2)CC1. The van der Waals surface area contributed by atoms with Gasteiger partial charge < -0.3 is 5.32 Å². The molecule has 1 fully saturated rings. The van der Waals surface area contributed by atoms with Crippen molar-refractivity contribution in [3.05, 3.63) is 51.9 Å². The summed E-state index contributed by atoms with van der Waals surface area (Å²) in [5.74, 6) is 0.570. The van der Waals surface area contributed by atoms with Crippen LogP contribution >= 0.6 is 23.2 Å². The maximum atomic E-state index is 9.08. The van der Waals surface area contributed by atoms with Gasteiger partial charge in [0.25, 0.3) is 0 Å². The van der Waals surface area contributed by atoms with Crippen LogP contribution in [0.15, 0.2) is 30.6 Å². The molecule has 1 saturated heterocycles. The lowest BCUT2D eigenvalue weighted by Crippen LogP contribution is -2.39. The third-order valence-corrected chi connectivity index (χ3v) is 4.50. The lowest BCUT2D eigenvalue weighted by Gasteiger charge is -2.32. The molecular weight excluding hydrogens is 345 g/mol. The van der Waals surface area contributed by atoms with Gasteiger partial charge >= 0.3 is 0 Å². The van der Waals surface area contributed by atoms with E-state index in [0.29, 0.717) is 27.6 Å². The Bertz CT molecular complexity index is 731. The molecule has 0 radical (unpaired) electrons. The lowest BCUT2D eigenvalue weighted by atomic mass is 10.0. The molecule has 24 heavy (non-hydrogen) atoms. The van der Waals surface area contributed by atoms with Crippen LogP contribution in [0, 0.1) is 11.3 Å². The first-order chi connectivity index (χ1) is 11.6. The second kappa shape index (κ2) is 7.80. The van der Waals surface area contributed by atoms with Crippen molar-refractivity contribution < 1.29 is 0 Å². The number of nitrogens with one attached hydrogen (secondary N) is 1. The van der Waals surface area contributed by atoms with Crippen LogP contribution in [0.25, 0.3) is 0 Å². The fourth-order valence-electron chi connectivity index (χ4n) is 2.91. The van der Waals surface area contributed by atoms with E-state index in [-0.39, 0.29) is 0 Å². The zero-order chi connectivity index (χ0) is 16.9. The summed E-state index contributed by atoms with van der Waals surface area (Å²) >= 11 is 12.1. The van der Waals surface area contributed by atoms with Crippen molar-refractivity contribution >= 4 is 29.0 Å². The van der Waals surface area contributed by atoms with E-state index >= 15 is 0 Å². The second-order valence-corrected chi connectivity index (χ2v) is 6.71. The normalized spacial score (nSPS) is 15.9. The number of anilines is 1. The number of hydrogen-bond acceptors (Lipinski definition) is 5. The smallest absolute Gasteiger partial charge is 0.182 e. The van der Waals surface area contributed by atoms with Crippen LogP contribution in [0.4, 0.5) is 5.82 Å². The van der Waals surface area contributed by atoms with Crippen LogP contribution in [0.5, 0.6) is 0 Å². The molecular formula is C17H17Cl2N5. The Balaban J connectivity index is 1.55.